The van der Waals surface area contributed by atoms with Gasteiger partial charge in [-0.2, -0.15) is 0 Å². The largest absolute Gasteiger partial charge is 0.259 e. The molecule has 2 rings (SSSR count). The third-order valence-corrected chi connectivity index (χ3v) is 6.42. The van der Waals surface area contributed by atoms with E-state index < -0.39 is 10.8 Å². The summed E-state index contributed by atoms with van der Waals surface area (Å²) in [6.07, 6.45) is 0. The van der Waals surface area contributed by atoms with E-state index in [9.17, 15) is 4.21 Å². The van der Waals surface area contributed by atoms with Crippen molar-refractivity contribution in [2.24, 2.45) is 0 Å². The lowest BCUT2D eigenvalue weighted by Gasteiger charge is -2.03. The lowest BCUT2D eigenvalue weighted by atomic mass is 10.2. The first-order valence-corrected chi connectivity index (χ1v) is 9.89. The Kier molecular flexibility index (Phi) is 6.54. The number of hydrogen-bond donors (Lipinski definition) is 0. The molecule has 1 atom stereocenters. The fraction of sp³-hybridized carbons (Fsp3) is 0.200. The zero-order valence-corrected chi connectivity index (χ0v) is 13.0. The molecule has 0 saturated heterocycles. The van der Waals surface area contributed by atoms with Gasteiger partial charge in [0.25, 0.3) is 0 Å². The molecule has 0 aromatic heterocycles. The first kappa shape index (κ1) is 14.7. The average Bonchev–Trinajstić information content (AvgIpc) is 2.46. The maximum absolute atomic E-state index is 11.9. The summed E-state index contributed by atoms with van der Waals surface area (Å²) in [7, 11) is 2.76. The van der Waals surface area contributed by atoms with Crippen molar-refractivity contribution in [3.63, 3.8) is 0 Å². The van der Waals surface area contributed by atoms with Crippen molar-refractivity contribution in [3.8, 4) is 0 Å². The van der Waals surface area contributed by atoms with E-state index in [1.54, 1.807) is 21.6 Å². The van der Waals surface area contributed by atoms with E-state index >= 15 is 0 Å². The van der Waals surface area contributed by atoms with E-state index in [2.05, 4.69) is 12.1 Å². The monoisotopic (exact) mass is 308 g/mol. The molecule has 1 unspecified atom stereocenters. The lowest BCUT2D eigenvalue weighted by molar-refractivity contribution is 0.683. The molecular weight excluding hydrogens is 292 g/mol. The van der Waals surface area contributed by atoms with Crippen molar-refractivity contribution in [2.75, 3.05) is 11.5 Å². The number of rotatable bonds is 7. The smallest absolute Gasteiger partial charge is 0.0485 e. The van der Waals surface area contributed by atoms with Gasteiger partial charge < -0.3 is 0 Å². The van der Waals surface area contributed by atoms with Crippen LogP contribution in [-0.2, 0) is 16.6 Å². The molecule has 19 heavy (non-hydrogen) atoms. The Morgan fingerprint density at radius 1 is 0.895 bits per heavy atom. The van der Waals surface area contributed by atoms with E-state index in [4.69, 9.17) is 0 Å². The average molecular weight is 308 g/mol. The minimum absolute atomic E-state index is 0.664. The second-order valence-corrected chi connectivity index (χ2v) is 8.06. The summed E-state index contributed by atoms with van der Waals surface area (Å²) in [6, 6.07) is 20.3. The summed E-state index contributed by atoms with van der Waals surface area (Å²) < 4.78 is 11.9. The molecule has 2 aromatic carbocycles. The normalized spacial score (nSPS) is 12.2. The molecule has 0 spiro atoms. The van der Waals surface area contributed by atoms with Gasteiger partial charge in [0.1, 0.15) is 0 Å². The van der Waals surface area contributed by atoms with Gasteiger partial charge in [0.15, 0.2) is 0 Å². The van der Waals surface area contributed by atoms with Crippen molar-refractivity contribution in [1.29, 1.82) is 0 Å². The van der Waals surface area contributed by atoms with Crippen LogP contribution >= 0.6 is 21.6 Å². The van der Waals surface area contributed by atoms with Crippen LogP contribution in [-0.4, -0.2) is 15.7 Å². The van der Waals surface area contributed by atoms with Crippen LogP contribution in [0.1, 0.15) is 5.56 Å². The first-order chi connectivity index (χ1) is 9.34. The predicted molar refractivity (Wildman–Crippen MR) is 87.9 cm³/mol. The van der Waals surface area contributed by atoms with Crippen LogP contribution in [0.4, 0.5) is 0 Å². The topological polar surface area (TPSA) is 17.1 Å². The fourth-order valence-electron chi connectivity index (χ4n) is 1.55. The van der Waals surface area contributed by atoms with E-state index in [1.807, 2.05) is 48.5 Å². The Bertz CT molecular complexity index is 499. The fourth-order valence-corrected chi connectivity index (χ4v) is 5.36. The zero-order valence-electron chi connectivity index (χ0n) is 10.5. The van der Waals surface area contributed by atoms with Crippen LogP contribution in [0.5, 0.6) is 0 Å². The Balaban J connectivity index is 1.65. The van der Waals surface area contributed by atoms with E-state index in [1.165, 1.54) is 4.90 Å². The number of hydrogen-bond acceptors (Lipinski definition) is 3. The molecule has 0 aliphatic carbocycles. The molecule has 0 radical (unpaired) electrons. The minimum atomic E-state index is -0.763. The molecular formula is C15H16OS3. The van der Waals surface area contributed by atoms with Crippen molar-refractivity contribution in [3.05, 3.63) is 66.2 Å². The van der Waals surface area contributed by atoms with Crippen LogP contribution < -0.4 is 0 Å². The van der Waals surface area contributed by atoms with Gasteiger partial charge in [-0.25, -0.2) is 0 Å². The van der Waals surface area contributed by atoms with E-state index in [-0.39, 0.29) is 0 Å². The van der Waals surface area contributed by atoms with Gasteiger partial charge in [0.2, 0.25) is 0 Å². The SMILES string of the molecule is O=S(CCSSc1ccccc1)Cc1ccccc1. The van der Waals surface area contributed by atoms with Crippen molar-refractivity contribution in [1.82, 2.24) is 0 Å². The molecule has 0 heterocycles. The van der Waals surface area contributed by atoms with E-state index in [0.29, 0.717) is 5.75 Å². The highest BCUT2D eigenvalue weighted by molar-refractivity contribution is 8.76. The van der Waals surface area contributed by atoms with Gasteiger partial charge in [-0.05, 0) is 17.7 Å². The predicted octanol–water partition coefficient (Wildman–Crippen LogP) is 4.38. The molecule has 0 amide bonds. The van der Waals surface area contributed by atoms with Gasteiger partial charge in [-0.15, -0.1) is 0 Å². The Morgan fingerprint density at radius 2 is 1.53 bits per heavy atom. The maximum Gasteiger partial charge on any atom is 0.0485 e. The molecule has 2 aromatic rings. The molecule has 0 fully saturated rings. The van der Waals surface area contributed by atoms with E-state index in [0.717, 1.165) is 17.1 Å². The van der Waals surface area contributed by atoms with Gasteiger partial charge in [0, 0.05) is 33.0 Å². The molecule has 0 N–H and O–H groups in total. The molecule has 0 aliphatic heterocycles. The van der Waals surface area contributed by atoms with Gasteiger partial charge in [-0.3, -0.25) is 4.21 Å². The van der Waals surface area contributed by atoms with Crippen LogP contribution in [0.25, 0.3) is 0 Å². The highest BCUT2D eigenvalue weighted by Crippen LogP contribution is 2.30. The van der Waals surface area contributed by atoms with Gasteiger partial charge in [0.05, 0.1) is 0 Å². The highest BCUT2D eigenvalue weighted by Gasteiger charge is 2.02. The Hall–Kier alpha value is -0.710. The summed E-state index contributed by atoms with van der Waals surface area (Å²) in [5, 5.41) is 0. The first-order valence-electron chi connectivity index (χ1n) is 6.08. The molecule has 0 bridgehead atoms. The van der Waals surface area contributed by atoms with Crippen LogP contribution in [0.3, 0.4) is 0 Å². The molecule has 0 saturated carbocycles. The summed E-state index contributed by atoms with van der Waals surface area (Å²) in [4.78, 5) is 1.25. The number of benzene rings is 2. The van der Waals surface area contributed by atoms with Gasteiger partial charge in [-0.1, -0.05) is 70.1 Å². The molecule has 1 nitrogen and oxygen atoms in total. The quantitative estimate of drug-likeness (QED) is 0.558. The van der Waals surface area contributed by atoms with Crippen molar-refractivity contribution < 1.29 is 4.21 Å². The highest BCUT2D eigenvalue weighted by atomic mass is 33.1. The third kappa shape index (κ3) is 5.85. The standard InChI is InChI=1S/C15H16OS3/c16-19(13-14-7-3-1-4-8-14)12-11-17-18-15-9-5-2-6-10-15/h1-10H,11-13H2. The van der Waals surface area contributed by atoms with Crippen LogP contribution in [0, 0.1) is 0 Å². The third-order valence-electron chi connectivity index (χ3n) is 2.46. The zero-order chi connectivity index (χ0) is 13.3. The summed E-state index contributed by atoms with van der Waals surface area (Å²) in [5.74, 6) is 2.33. The van der Waals surface area contributed by atoms with Crippen molar-refractivity contribution in [2.45, 2.75) is 10.6 Å². The van der Waals surface area contributed by atoms with Crippen LogP contribution in [0.2, 0.25) is 0 Å². The second kappa shape index (κ2) is 8.46. The Morgan fingerprint density at radius 3 is 2.21 bits per heavy atom. The minimum Gasteiger partial charge on any atom is -0.259 e. The van der Waals surface area contributed by atoms with Crippen LogP contribution in [0.15, 0.2) is 65.6 Å². The van der Waals surface area contributed by atoms with Crippen molar-refractivity contribution >= 4 is 32.4 Å². The second-order valence-electron chi connectivity index (χ2n) is 3.99. The summed E-state index contributed by atoms with van der Waals surface area (Å²) in [5.41, 5.74) is 1.15. The maximum atomic E-state index is 11.9. The van der Waals surface area contributed by atoms with Gasteiger partial charge >= 0.3 is 0 Å². The molecule has 0 aliphatic rings. The lowest BCUT2D eigenvalue weighted by Crippen LogP contribution is -2.02. The summed E-state index contributed by atoms with van der Waals surface area (Å²) >= 11 is 0. The molecule has 100 valence electrons. The molecule has 4 heteroatoms. The Labute approximate surface area is 125 Å². The summed E-state index contributed by atoms with van der Waals surface area (Å²) in [6.45, 7) is 0.